The van der Waals surface area contributed by atoms with E-state index in [1.807, 2.05) is 0 Å². The highest BCUT2D eigenvalue weighted by Crippen LogP contribution is 2.14. The fourth-order valence-corrected chi connectivity index (χ4v) is 2.70. The van der Waals surface area contributed by atoms with Gasteiger partial charge in [-0.15, -0.1) is 0 Å². The Kier molecular flexibility index (Phi) is 5.95. The molecule has 1 aromatic rings. The number of amides is 2. The third-order valence-electron chi connectivity index (χ3n) is 3.65. The number of carbonyl (C=O) groups is 3. The quantitative estimate of drug-likeness (QED) is 0.614. The van der Waals surface area contributed by atoms with Crippen molar-refractivity contribution in [3.63, 3.8) is 0 Å². The average Bonchev–Trinajstić information content (AvgIpc) is 2.50. The minimum absolute atomic E-state index is 0.0535. The zero-order valence-electron chi connectivity index (χ0n) is 12.7. The normalized spacial score (nSPS) is 20.5. The van der Waals surface area contributed by atoms with Gasteiger partial charge in [-0.05, 0) is 18.2 Å². The molecule has 1 aromatic carbocycles. The molecule has 124 valence electrons. The highest BCUT2D eigenvalue weighted by atomic mass is 35.5. The van der Waals surface area contributed by atoms with Gasteiger partial charge < -0.3 is 20.3 Å². The number of methoxy groups -OCH3 is 1. The molecule has 1 unspecified atom stereocenters. The molecule has 3 N–H and O–H groups in total. The lowest BCUT2D eigenvalue weighted by atomic mass is 10.1. The smallest absolute Gasteiger partial charge is 0.312 e. The van der Waals surface area contributed by atoms with Gasteiger partial charge in [-0.25, -0.2) is 0 Å². The molecule has 1 heterocycles. The molecule has 7 nitrogen and oxygen atoms in total. The lowest BCUT2D eigenvalue weighted by Gasteiger charge is -2.30. The summed E-state index contributed by atoms with van der Waals surface area (Å²) in [6, 6.07) is 6.20. The Bertz CT molecular complexity index is 608. The number of piperazine rings is 1. The first kappa shape index (κ1) is 17.2. The van der Waals surface area contributed by atoms with Crippen LogP contribution in [0.1, 0.15) is 6.42 Å². The van der Waals surface area contributed by atoms with E-state index in [9.17, 15) is 14.4 Å². The standard InChI is InChI=1S/C15H18ClN3O4/c1-23-14(21)8-12-15(22)17-5-6-19(12)9-13(20)18-11-4-2-3-10(16)7-11/h2-4,7,12H,5-6,8-9H2,1H3,(H,17,22)(H,18,20)/p+1/t12-/m0/s1. The van der Waals surface area contributed by atoms with Crippen LogP contribution in [0.2, 0.25) is 5.02 Å². The van der Waals surface area contributed by atoms with Crippen LogP contribution in [0.3, 0.4) is 0 Å². The molecule has 8 heteroatoms. The molecule has 0 aromatic heterocycles. The van der Waals surface area contributed by atoms with Crippen molar-refractivity contribution < 1.29 is 24.0 Å². The van der Waals surface area contributed by atoms with Gasteiger partial charge >= 0.3 is 5.97 Å². The van der Waals surface area contributed by atoms with E-state index in [1.54, 1.807) is 24.3 Å². The van der Waals surface area contributed by atoms with E-state index in [1.165, 1.54) is 7.11 Å². The number of esters is 1. The molecule has 0 bridgehead atoms. The van der Waals surface area contributed by atoms with Gasteiger partial charge in [0.25, 0.3) is 11.8 Å². The summed E-state index contributed by atoms with van der Waals surface area (Å²) in [5.41, 5.74) is 0.591. The number of anilines is 1. The number of quaternary nitrogens is 1. The van der Waals surface area contributed by atoms with Gasteiger partial charge in [0.05, 0.1) is 20.2 Å². The fraction of sp³-hybridized carbons (Fsp3) is 0.400. The third-order valence-corrected chi connectivity index (χ3v) is 3.88. The highest BCUT2D eigenvalue weighted by molar-refractivity contribution is 6.30. The van der Waals surface area contributed by atoms with Crippen LogP contribution < -0.4 is 15.5 Å². The summed E-state index contributed by atoms with van der Waals surface area (Å²) >= 11 is 5.87. The molecule has 2 atom stereocenters. The van der Waals surface area contributed by atoms with Crippen LogP contribution >= 0.6 is 11.6 Å². The number of benzene rings is 1. The predicted molar refractivity (Wildman–Crippen MR) is 84.2 cm³/mol. The molecule has 1 saturated heterocycles. The van der Waals surface area contributed by atoms with Crippen LogP contribution in [0.15, 0.2) is 24.3 Å². The second-order valence-electron chi connectivity index (χ2n) is 5.27. The van der Waals surface area contributed by atoms with Crippen LogP contribution in [-0.2, 0) is 19.1 Å². The molecule has 2 rings (SSSR count). The number of rotatable bonds is 5. The van der Waals surface area contributed by atoms with Gasteiger partial charge in [0, 0.05) is 10.7 Å². The molecular weight excluding hydrogens is 322 g/mol. The van der Waals surface area contributed by atoms with E-state index in [0.717, 1.165) is 4.90 Å². The van der Waals surface area contributed by atoms with Crippen molar-refractivity contribution in [1.29, 1.82) is 0 Å². The van der Waals surface area contributed by atoms with E-state index in [-0.39, 0.29) is 24.8 Å². The summed E-state index contributed by atoms with van der Waals surface area (Å²) < 4.78 is 4.62. The fourth-order valence-electron chi connectivity index (χ4n) is 2.51. The summed E-state index contributed by atoms with van der Waals surface area (Å²) in [7, 11) is 1.27. The summed E-state index contributed by atoms with van der Waals surface area (Å²) in [5.74, 6) is -0.959. The zero-order chi connectivity index (χ0) is 16.8. The van der Waals surface area contributed by atoms with Crippen LogP contribution in [-0.4, -0.2) is 50.6 Å². The zero-order valence-corrected chi connectivity index (χ0v) is 13.5. The maximum Gasteiger partial charge on any atom is 0.312 e. The number of hydrogen-bond donors (Lipinski definition) is 3. The van der Waals surface area contributed by atoms with Gasteiger partial charge in [-0.2, -0.15) is 0 Å². The SMILES string of the molecule is COC(=O)C[C@H]1C(=O)NCC[NH+]1CC(=O)Nc1cccc(Cl)c1. The molecule has 0 radical (unpaired) electrons. The van der Waals surface area contributed by atoms with Crippen LogP contribution in [0.4, 0.5) is 5.69 Å². The first-order valence-corrected chi connectivity index (χ1v) is 7.62. The molecule has 0 spiro atoms. The van der Waals surface area contributed by atoms with Gasteiger partial charge in [0.1, 0.15) is 6.42 Å². The highest BCUT2D eigenvalue weighted by Gasteiger charge is 2.36. The minimum atomic E-state index is -0.624. The second-order valence-corrected chi connectivity index (χ2v) is 5.70. The Hall–Kier alpha value is -2.12. The Balaban J connectivity index is 1.99. The van der Waals surface area contributed by atoms with E-state index >= 15 is 0 Å². The Morgan fingerprint density at radius 2 is 2.26 bits per heavy atom. The van der Waals surface area contributed by atoms with Crippen LogP contribution in [0.5, 0.6) is 0 Å². The molecule has 1 aliphatic heterocycles. The monoisotopic (exact) mass is 340 g/mol. The van der Waals surface area contributed by atoms with Crippen molar-refractivity contribution in [2.75, 3.05) is 32.1 Å². The second kappa shape index (κ2) is 7.94. The van der Waals surface area contributed by atoms with Crippen LogP contribution in [0, 0.1) is 0 Å². The first-order chi connectivity index (χ1) is 11.0. The summed E-state index contributed by atoms with van der Waals surface area (Å²) in [6.07, 6.45) is -0.0535. The number of hydrogen-bond acceptors (Lipinski definition) is 4. The summed E-state index contributed by atoms with van der Waals surface area (Å²) in [6.45, 7) is 1.12. The first-order valence-electron chi connectivity index (χ1n) is 7.24. The molecule has 1 fully saturated rings. The van der Waals surface area contributed by atoms with Crippen molar-refractivity contribution in [3.8, 4) is 0 Å². The number of nitrogens with one attached hydrogen (secondary N) is 3. The summed E-state index contributed by atoms with van der Waals surface area (Å²) in [4.78, 5) is 36.3. The van der Waals surface area contributed by atoms with Gasteiger partial charge in [-0.1, -0.05) is 17.7 Å². The summed E-state index contributed by atoms with van der Waals surface area (Å²) in [5, 5.41) is 5.97. The van der Waals surface area contributed by atoms with E-state index in [0.29, 0.717) is 23.8 Å². The van der Waals surface area contributed by atoms with Gasteiger partial charge in [-0.3, -0.25) is 14.4 Å². The topological polar surface area (TPSA) is 88.9 Å². The Labute approximate surface area is 138 Å². The van der Waals surface area contributed by atoms with Crippen molar-refractivity contribution in [1.82, 2.24) is 5.32 Å². The van der Waals surface area contributed by atoms with E-state index < -0.39 is 12.0 Å². The molecule has 2 amide bonds. The minimum Gasteiger partial charge on any atom is -0.469 e. The maximum absolute atomic E-state index is 12.2. The number of halogens is 1. The van der Waals surface area contributed by atoms with Crippen molar-refractivity contribution in [2.45, 2.75) is 12.5 Å². The number of ether oxygens (including phenoxy) is 1. The van der Waals surface area contributed by atoms with E-state index in [4.69, 9.17) is 11.6 Å². The van der Waals surface area contributed by atoms with E-state index in [2.05, 4.69) is 15.4 Å². The molecule has 0 aliphatic carbocycles. The predicted octanol–water partition coefficient (Wildman–Crippen LogP) is -0.775. The van der Waals surface area contributed by atoms with Gasteiger partial charge in [0.15, 0.2) is 12.6 Å². The Morgan fingerprint density at radius 3 is 2.96 bits per heavy atom. The van der Waals surface area contributed by atoms with Crippen molar-refractivity contribution in [2.24, 2.45) is 0 Å². The van der Waals surface area contributed by atoms with Crippen LogP contribution in [0.25, 0.3) is 0 Å². The Morgan fingerprint density at radius 1 is 1.48 bits per heavy atom. The molecule has 1 aliphatic rings. The molecule has 23 heavy (non-hydrogen) atoms. The average molecular weight is 341 g/mol. The van der Waals surface area contributed by atoms with Gasteiger partial charge in [0.2, 0.25) is 0 Å². The van der Waals surface area contributed by atoms with Crippen molar-refractivity contribution in [3.05, 3.63) is 29.3 Å². The van der Waals surface area contributed by atoms with Crippen molar-refractivity contribution >= 4 is 35.1 Å². The lowest BCUT2D eigenvalue weighted by Crippen LogP contribution is -3.20. The molecular formula is C15H19ClN3O4+. The lowest BCUT2D eigenvalue weighted by molar-refractivity contribution is -0.909. The third kappa shape index (κ3) is 4.94. The number of carbonyl (C=O) groups excluding carboxylic acids is 3. The largest absolute Gasteiger partial charge is 0.469 e. The molecule has 0 saturated carbocycles. The maximum atomic E-state index is 12.2.